The molecule has 0 unspecified atom stereocenters. The van der Waals surface area contributed by atoms with Crippen molar-refractivity contribution in [3.8, 4) is 11.3 Å². The summed E-state index contributed by atoms with van der Waals surface area (Å²) >= 11 is 5.76. The van der Waals surface area contributed by atoms with Crippen LogP contribution in [0.1, 0.15) is 11.3 Å². The van der Waals surface area contributed by atoms with Gasteiger partial charge in [0, 0.05) is 5.56 Å². The molecule has 0 aliphatic carbocycles. The molecule has 0 aliphatic heterocycles. The summed E-state index contributed by atoms with van der Waals surface area (Å²) in [6, 6.07) is 10.1. The van der Waals surface area contributed by atoms with Crippen LogP contribution in [-0.2, 0) is 5.88 Å². The van der Waals surface area contributed by atoms with Crippen molar-refractivity contribution in [1.29, 1.82) is 0 Å². The lowest BCUT2D eigenvalue weighted by Crippen LogP contribution is -1.81. The van der Waals surface area contributed by atoms with Gasteiger partial charge in [-0.05, 0) is 12.5 Å². The van der Waals surface area contributed by atoms with E-state index in [0.717, 1.165) is 22.5 Å². The Morgan fingerprint density at radius 2 is 2.00 bits per heavy atom. The smallest absolute Gasteiger partial charge is 0.0953 e. The van der Waals surface area contributed by atoms with Gasteiger partial charge in [-0.15, -0.1) is 11.6 Å². The van der Waals surface area contributed by atoms with Crippen molar-refractivity contribution in [2.45, 2.75) is 12.8 Å². The van der Waals surface area contributed by atoms with Crippen molar-refractivity contribution >= 4 is 11.6 Å². The summed E-state index contributed by atoms with van der Waals surface area (Å²) in [6.07, 6.45) is 0. The number of aromatic nitrogens is 2. The van der Waals surface area contributed by atoms with Crippen LogP contribution in [0.4, 0.5) is 0 Å². The topological polar surface area (TPSA) is 28.7 Å². The van der Waals surface area contributed by atoms with Crippen molar-refractivity contribution in [2.24, 2.45) is 0 Å². The van der Waals surface area contributed by atoms with E-state index >= 15 is 0 Å². The van der Waals surface area contributed by atoms with Gasteiger partial charge in [-0.3, -0.25) is 5.10 Å². The molecule has 3 heteroatoms. The molecule has 1 N–H and O–H groups in total. The van der Waals surface area contributed by atoms with Gasteiger partial charge in [0.25, 0.3) is 0 Å². The van der Waals surface area contributed by atoms with Crippen LogP contribution in [0.25, 0.3) is 11.3 Å². The molecule has 0 bridgehead atoms. The molecule has 1 aromatic heterocycles. The zero-order valence-corrected chi connectivity index (χ0v) is 8.67. The van der Waals surface area contributed by atoms with E-state index in [1.54, 1.807) is 0 Å². The van der Waals surface area contributed by atoms with Crippen LogP contribution in [0, 0.1) is 6.92 Å². The molecule has 0 aliphatic rings. The Balaban J connectivity index is 2.48. The van der Waals surface area contributed by atoms with E-state index < -0.39 is 0 Å². The minimum atomic E-state index is 0.478. The number of nitrogens with zero attached hydrogens (tertiary/aromatic N) is 1. The van der Waals surface area contributed by atoms with E-state index in [1.807, 2.05) is 37.3 Å². The van der Waals surface area contributed by atoms with Crippen molar-refractivity contribution in [1.82, 2.24) is 10.2 Å². The van der Waals surface area contributed by atoms with Crippen LogP contribution in [0.3, 0.4) is 0 Å². The fourth-order valence-electron chi connectivity index (χ4n) is 1.44. The van der Waals surface area contributed by atoms with Crippen molar-refractivity contribution < 1.29 is 0 Å². The molecule has 0 atom stereocenters. The fourth-order valence-corrected chi connectivity index (χ4v) is 1.70. The summed E-state index contributed by atoms with van der Waals surface area (Å²) in [7, 11) is 0. The van der Waals surface area contributed by atoms with Crippen LogP contribution in [0.5, 0.6) is 0 Å². The number of hydrogen-bond donors (Lipinski definition) is 1. The molecular weight excluding hydrogens is 196 g/mol. The second-order valence-corrected chi connectivity index (χ2v) is 3.44. The summed E-state index contributed by atoms with van der Waals surface area (Å²) in [4.78, 5) is 0. The number of benzene rings is 1. The third kappa shape index (κ3) is 1.53. The number of hydrogen-bond acceptors (Lipinski definition) is 1. The Hall–Kier alpha value is -1.28. The van der Waals surface area contributed by atoms with Crippen molar-refractivity contribution in [3.63, 3.8) is 0 Å². The SMILES string of the molecule is Cc1c(-c2ccccc2)n[nH]c1CCl. The highest BCUT2D eigenvalue weighted by molar-refractivity contribution is 6.17. The maximum absolute atomic E-state index is 5.76. The first-order valence-corrected chi connectivity index (χ1v) is 5.01. The van der Waals surface area contributed by atoms with E-state index in [4.69, 9.17) is 11.6 Å². The molecule has 72 valence electrons. The molecule has 0 saturated heterocycles. The molecule has 2 rings (SSSR count). The average molecular weight is 207 g/mol. The lowest BCUT2D eigenvalue weighted by molar-refractivity contribution is 1.04. The summed E-state index contributed by atoms with van der Waals surface area (Å²) < 4.78 is 0. The standard InChI is InChI=1S/C11H11ClN2/c1-8-10(7-12)13-14-11(8)9-5-3-2-4-6-9/h2-6H,7H2,1H3,(H,13,14). The Morgan fingerprint density at radius 3 is 2.57 bits per heavy atom. The fraction of sp³-hybridized carbons (Fsp3) is 0.182. The Bertz CT molecular complexity index is 420. The van der Waals surface area contributed by atoms with Crippen LogP contribution in [0.15, 0.2) is 30.3 Å². The zero-order chi connectivity index (χ0) is 9.97. The number of H-pyrrole nitrogens is 1. The molecule has 2 aromatic rings. The molecule has 1 aromatic carbocycles. The van der Waals surface area contributed by atoms with Gasteiger partial charge in [0.2, 0.25) is 0 Å². The minimum absolute atomic E-state index is 0.478. The van der Waals surface area contributed by atoms with Gasteiger partial charge in [-0.1, -0.05) is 30.3 Å². The first-order valence-electron chi connectivity index (χ1n) is 4.48. The van der Waals surface area contributed by atoms with Gasteiger partial charge in [-0.25, -0.2) is 0 Å². The Morgan fingerprint density at radius 1 is 1.29 bits per heavy atom. The van der Waals surface area contributed by atoms with Gasteiger partial charge in [0.05, 0.1) is 17.3 Å². The Kier molecular flexibility index (Phi) is 2.55. The van der Waals surface area contributed by atoms with Crippen LogP contribution >= 0.6 is 11.6 Å². The normalized spacial score (nSPS) is 10.4. The van der Waals surface area contributed by atoms with Crippen LogP contribution in [-0.4, -0.2) is 10.2 Å². The first-order chi connectivity index (χ1) is 6.83. The second kappa shape index (κ2) is 3.84. The maximum atomic E-state index is 5.76. The summed E-state index contributed by atoms with van der Waals surface area (Å²) in [5, 5.41) is 7.19. The molecule has 0 fully saturated rings. The first kappa shape index (κ1) is 9.28. The van der Waals surface area contributed by atoms with Gasteiger partial charge in [0.1, 0.15) is 0 Å². The minimum Gasteiger partial charge on any atom is -0.280 e. The highest BCUT2D eigenvalue weighted by Crippen LogP contribution is 2.23. The van der Waals surface area contributed by atoms with Gasteiger partial charge in [0.15, 0.2) is 0 Å². The van der Waals surface area contributed by atoms with Gasteiger partial charge in [-0.2, -0.15) is 5.10 Å². The van der Waals surface area contributed by atoms with E-state index in [2.05, 4.69) is 10.2 Å². The molecular formula is C11H11ClN2. The molecule has 0 radical (unpaired) electrons. The predicted molar refractivity (Wildman–Crippen MR) is 58.3 cm³/mol. The highest BCUT2D eigenvalue weighted by Gasteiger charge is 2.08. The number of alkyl halides is 1. The van der Waals surface area contributed by atoms with Gasteiger partial charge < -0.3 is 0 Å². The quantitative estimate of drug-likeness (QED) is 0.752. The second-order valence-electron chi connectivity index (χ2n) is 3.18. The zero-order valence-electron chi connectivity index (χ0n) is 7.92. The Labute approximate surface area is 87.9 Å². The molecule has 1 heterocycles. The lowest BCUT2D eigenvalue weighted by atomic mass is 10.1. The van der Waals surface area contributed by atoms with Gasteiger partial charge >= 0.3 is 0 Å². The van der Waals surface area contributed by atoms with Crippen LogP contribution < -0.4 is 0 Å². The third-order valence-electron chi connectivity index (χ3n) is 2.29. The lowest BCUT2D eigenvalue weighted by Gasteiger charge is -1.97. The average Bonchev–Trinajstić information content (AvgIpc) is 2.61. The van der Waals surface area contributed by atoms with Crippen molar-refractivity contribution in [3.05, 3.63) is 41.6 Å². The maximum Gasteiger partial charge on any atom is 0.0953 e. The molecule has 0 saturated carbocycles. The van der Waals surface area contributed by atoms with E-state index in [9.17, 15) is 0 Å². The number of rotatable bonds is 2. The number of halogens is 1. The van der Waals surface area contributed by atoms with Crippen LogP contribution in [0.2, 0.25) is 0 Å². The highest BCUT2D eigenvalue weighted by atomic mass is 35.5. The summed E-state index contributed by atoms with van der Waals surface area (Å²) in [6.45, 7) is 2.03. The third-order valence-corrected chi connectivity index (χ3v) is 2.56. The number of aromatic amines is 1. The monoisotopic (exact) mass is 206 g/mol. The predicted octanol–water partition coefficient (Wildman–Crippen LogP) is 3.12. The molecule has 2 nitrogen and oxygen atoms in total. The van der Waals surface area contributed by atoms with E-state index in [0.29, 0.717) is 5.88 Å². The summed E-state index contributed by atoms with van der Waals surface area (Å²) in [5.74, 6) is 0.478. The molecule has 0 amide bonds. The molecule has 0 spiro atoms. The van der Waals surface area contributed by atoms with Crippen molar-refractivity contribution in [2.75, 3.05) is 0 Å². The number of nitrogens with one attached hydrogen (secondary N) is 1. The van der Waals surface area contributed by atoms with E-state index in [1.165, 1.54) is 0 Å². The molecule has 14 heavy (non-hydrogen) atoms. The summed E-state index contributed by atoms with van der Waals surface area (Å²) in [5.41, 5.74) is 4.23. The largest absolute Gasteiger partial charge is 0.280 e. The van der Waals surface area contributed by atoms with E-state index in [-0.39, 0.29) is 0 Å².